The Morgan fingerprint density at radius 3 is 2.47 bits per heavy atom. The molecular formula is C23H35F2N7O2. The molecule has 34 heavy (non-hydrogen) atoms. The summed E-state index contributed by atoms with van der Waals surface area (Å²) in [5, 5.41) is 9.29. The van der Waals surface area contributed by atoms with Gasteiger partial charge in [-0.1, -0.05) is 13.8 Å². The van der Waals surface area contributed by atoms with Gasteiger partial charge in [-0.2, -0.15) is 4.98 Å². The third-order valence-electron chi connectivity index (χ3n) is 7.32. The van der Waals surface area contributed by atoms with E-state index < -0.39 is 5.92 Å². The number of hydrogen-bond acceptors (Lipinski definition) is 6. The largest absolute Gasteiger partial charge is 0.351 e. The molecule has 9 nitrogen and oxygen atoms in total. The van der Waals surface area contributed by atoms with Crippen LogP contribution >= 0.6 is 0 Å². The summed E-state index contributed by atoms with van der Waals surface area (Å²) in [6, 6.07) is -0.524. The van der Waals surface area contributed by atoms with Crippen molar-refractivity contribution in [3.63, 3.8) is 0 Å². The Balaban J connectivity index is 1.30. The first-order chi connectivity index (χ1) is 15.9. The maximum Gasteiger partial charge on any atom is 0.317 e. The van der Waals surface area contributed by atoms with E-state index in [9.17, 15) is 18.4 Å². The molecule has 2 fully saturated rings. The summed E-state index contributed by atoms with van der Waals surface area (Å²) in [6.45, 7) is 5.85. The molecule has 3 N–H and O–H groups in total. The number of rotatable bonds is 5. The zero-order chi connectivity index (χ0) is 24.8. The van der Waals surface area contributed by atoms with Crippen LogP contribution in [0.5, 0.6) is 0 Å². The fourth-order valence-electron chi connectivity index (χ4n) is 5.17. The Morgan fingerprint density at radius 1 is 1.21 bits per heavy atom. The third kappa shape index (κ3) is 4.88. The van der Waals surface area contributed by atoms with Crippen LogP contribution in [-0.4, -0.2) is 71.0 Å². The number of nitrogens with one attached hydrogen (secondary N) is 3. The van der Waals surface area contributed by atoms with E-state index in [0.29, 0.717) is 36.0 Å². The molecule has 0 spiro atoms. The van der Waals surface area contributed by atoms with Crippen molar-refractivity contribution >= 4 is 29.4 Å². The molecule has 0 bridgehead atoms. The number of amides is 3. The van der Waals surface area contributed by atoms with Gasteiger partial charge < -0.3 is 25.8 Å². The molecule has 1 atom stereocenters. The monoisotopic (exact) mass is 479 g/mol. The number of alkyl halides is 2. The molecule has 2 saturated carbocycles. The van der Waals surface area contributed by atoms with E-state index in [-0.39, 0.29) is 54.9 Å². The molecule has 1 aliphatic heterocycles. The summed E-state index contributed by atoms with van der Waals surface area (Å²) in [5.41, 5.74) is 1.33. The maximum atomic E-state index is 13.4. The van der Waals surface area contributed by atoms with E-state index in [1.165, 1.54) is 0 Å². The van der Waals surface area contributed by atoms with Crippen LogP contribution in [0.3, 0.4) is 0 Å². The molecule has 1 aromatic heterocycles. The summed E-state index contributed by atoms with van der Waals surface area (Å²) in [7, 11) is 3.55. The minimum Gasteiger partial charge on any atom is -0.351 e. The van der Waals surface area contributed by atoms with Crippen molar-refractivity contribution in [2.45, 2.75) is 89.4 Å². The summed E-state index contributed by atoms with van der Waals surface area (Å²) < 4.78 is 26.8. The number of nitrogens with zero attached hydrogens (tertiary/aromatic N) is 4. The molecule has 0 unspecified atom stereocenters. The van der Waals surface area contributed by atoms with Gasteiger partial charge in [0.05, 0.1) is 5.69 Å². The van der Waals surface area contributed by atoms with Crippen molar-refractivity contribution in [1.82, 2.24) is 20.2 Å². The standard InChI is InChI=1S/C23H35F2N7O2/c1-12(2)18-20(33)29-17-13(3)26-21(30-19(17)32(18)5)27-14-10-15(11-14)28-22(34)31(4)16-6-8-23(24,25)9-7-16/h12,14-16,18H,6-11H2,1-5H3,(H,28,34)(H,29,33)(H,26,27,30)/t14?,15?,18-/m0/s1. The number of aromatic nitrogens is 2. The number of fused-ring (bicyclic) bond motifs is 1. The van der Waals surface area contributed by atoms with Gasteiger partial charge in [0.2, 0.25) is 17.8 Å². The molecular weight excluding hydrogens is 444 g/mol. The van der Waals surface area contributed by atoms with Crippen molar-refractivity contribution in [3.05, 3.63) is 5.69 Å². The first-order valence-electron chi connectivity index (χ1n) is 12.0. The Hall–Kier alpha value is -2.72. The quantitative estimate of drug-likeness (QED) is 0.599. The highest BCUT2D eigenvalue weighted by molar-refractivity contribution is 6.03. The van der Waals surface area contributed by atoms with Crippen LogP contribution in [0.4, 0.5) is 31.0 Å². The molecule has 3 amide bonds. The summed E-state index contributed by atoms with van der Waals surface area (Å²) in [5.74, 6) is -1.34. The normalized spacial score (nSPS) is 26.4. The van der Waals surface area contributed by atoms with Gasteiger partial charge in [-0.15, -0.1) is 0 Å². The lowest BCUT2D eigenvalue weighted by molar-refractivity contribution is -0.118. The summed E-state index contributed by atoms with van der Waals surface area (Å²) in [4.78, 5) is 37.7. The minimum atomic E-state index is -2.60. The predicted molar refractivity (Wildman–Crippen MR) is 126 cm³/mol. The summed E-state index contributed by atoms with van der Waals surface area (Å²) >= 11 is 0. The topological polar surface area (TPSA) is 102 Å². The summed E-state index contributed by atoms with van der Waals surface area (Å²) in [6.07, 6.45) is 1.77. The Labute approximate surface area is 199 Å². The van der Waals surface area contributed by atoms with Crippen molar-refractivity contribution < 1.29 is 18.4 Å². The number of likely N-dealkylation sites (N-methyl/N-ethyl adjacent to an activating group) is 1. The number of urea groups is 1. The second-order valence-electron chi connectivity index (χ2n) is 10.3. The zero-order valence-corrected chi connectivity index (χ0v) is 20.5. The van der Waals surface area contributed by atoms with Crippen LogP contribution in [0.2, 0.25) is 0 Å². The van der Waals surface area contributed by atoms with Gasteiger partial charge in [0.15, 0.2) is 5.82 Å². The number of halogens is 2. The van der Waals surface area contributed by atoms with E-state index in [1.54, 1.807) is 11.9 Å². The highest BCUT2D eigenvalue weighted by Gasteiger charge is 2.39. The maximum absolute atomic E-state index is 13.4. The van der Waals surface area contributed by atoms with E-state index in [2.05, 4.69) is 25.9 Å². The first kappa shape index (κ1) is 24.4. The van der Waals surface area contributed by atoms with Gasteiger partial charge in [-0.3, -0.25) is 4.79 Å². The van der Waals surface area contributed by atoms with Crippen molar-refractivity contribution in [2.75, 3.05) is 29.6 Å². The van der Waals surface area contributed by atoms with Crippen molar-refractivity contribution in [2.24, 2.45) is 5.92 Å². The van der Waals surface area contributed by atoms with Crippen LogP contribution in [0.15, 0.2) is 0 Å². The van der Waals surface area contributed by atoms with Gasteiger partial charge in [-0.25, -0.2) is 18.6 Å². The molecule has 2 heterocycles. The second-order valence-corrected chi connectivity index (χ2v) is 10.3. The predicted octanol–water partition coefficient (Wildman–Crippen LogP) is 3.36. The van der Waals surface area contributed by atoms with Crippen molar-refractivity contribution in [3.8, 4) is 0 Å². The van der Waals surface area contributed by atoms with Gasteiger partial charge in [0, 0.05) is 45.1 Å². The third-order valence-corrected chi connectivity index (χ3v) is 7.32. The van der Waals surface area contributed by atoms with Crippen LogP contribution in [0, 0.1) is 12.8 Å². The molecule has 0 radical (unpaired) electrons. The fraction of sp³-hybridized carbons (Fsp3) is 0.739. The lowest BCUT2D eigenvalue weighted by Gasteiger charge is -2.40. The minimum absolute atomic E-state index is 0.0171. The average molecular weight is 480 g/mol. The molecule has 0 aromatic carbocycles. The lowest BCUT2D eigenvalue weighted by atomic mass is 9.87. The zero-order valence-electron chi connectivity index (χ0n) is 20.5. The van der Waals surface area contributed by atoms with E-state index in [4.69, 9.17) is 0 Å². The molecule has 1 aromatic rings. The first-order valence-corrected chi connectivity index (χ1v) is 12.0. The average Bonchev–Trinajstić information content (AvgIpc) is 2.72. The van der Waals surface area contributed by atoms with E-state index in [1.807, 2.05) is 32.7 Å². The number of aryl methyl sites for hydroxylation is 1. The Morgan fingerprint density at radius 2 is 1.85 bits per heavy atom. The SMILES string of the molecule is Cc1nc(NC2CC(NC(=O)N(C)C3CCC(F)(F)CC3)C2)nc2c1NC(=O)[C@H](C(C)C)N2C. The highest BCUT2D eigenvalue weighted by atomic mass is 19.3. The number of anilines is 3. The lowest BCUT2D eigenvalue weighted by Crippen LogP contribution is -2.55. The van der Waals surface area contributed by atoms with E-state index >= 15 is 0 Å². The van der Waals surface area contributed by atoms with Gasteiger partial charge in [-0.05, 0) is 38.5 Å². The molecule has 2 aliphatic carbocycles. The smallest absolute Gasteiger partial charge is 0.317 e. The van der Waals surface area contributed by atoms with Crippen molar-refractivity contribution in [1.29, 1.82) is 0 Å². The highest BCUT2D eigenvalue weighted by Crippen LogP contribution is 2.36. The molecule has 188 valence electrons. The molecule has 11 heteroatoms. The number of carbonyl (C=O) groups excluding carboxylic acids is 2. The van der Waals surface area contributed by atoms with Crippen LogP contribution < -0.4 is 20.9 Å². The van der Waals surface area contributed by atoms with Gasteiger partial charge >= 0.3 is 6.03 Å². The second kappa shape index (κ2) is 9.14. The van der Waals surface area contributed by atoms with Crippen LogP contribution in [0.1, 0.15) is 58.1 Å². The van der Waals surface area contributed by atoms with Crippen LogP contribution in [0.25, 0.3) is 0 Å². The fourth-order valence-corrected chi connectivity index (χ4v) is 5.17. The Kier molecular flexibility index (Phi) is 6.56. The van der Waals surface area contributed by atoms with Crippen LogP contribution in [-0.2, 0) is 4.79 Å². The molecule has 4 rings (SSSR count). The Bertz CT molecular complexity index is 941. The van der Waals surface area contributed by atoms with E-state index in [0.717, 1.165) is 12.8 Å². The van der Waals surface area contributed by atoms with Gasteiger partial charge in [0.1, 0.15) is 11.7 Å². The number of hydrogen-bond donors (Lipinski definition) is 3. The number of carbonyl (C=O) groups is 2. The molecule has 0 saturated heterocycles. The molecule has 3 aliphatic rings. The van der Waals surface area contributed by atoms with Gasteiger partial charge in [0.25, 0.3) is 0 Å².